The molecule has 2 fully saturated rings. The van der Waals surface area contributed by atoms with Gasteiger partial charge in [0.05, 0.1) is 5.39 Å². The van der Waals surface area contributed by atoms with Crippen molar-refractivity contribution in [1.82, 2.24) is 14.7 Å². The van der Waals surface area contributed by atoms with E-state index >= 15 is 0 Å². The third-order valence-electron chi connectivity index (χ3n) is 6.09. The first-order valence-corrected chi connectivity index (χ1v) is 9.61. The second kappa shape index (κ2) is 6.15. The lowest BCUT2D eigenvalue weighted by molar-refractivity contribution is -0.133. The molecule has 7 nitrogen and oxygen atoms in total. The summed E-state index contributed by atoms with van der Waals surface area (Å²) in [6.45, 7) is 7.13. The number of carbonyl (C=O) groups is 2. The fourth-order valence-electron chi connectivity index (χ4n) is 5.47. The number of amides is 1. The van der Waals surface area contributed by atoms with Crippen LogP contribution in [-0.4, -0.2) is 44.3 Å². The fourth-order valence-corrected chi connectivity index (χ4v) is 5.47. The Labute approximate surface area is 163 Å². The van der Waals surface area contributed by atoms with Crippen molar-refractivity contribution < 1.29 is 14.7 Å². The minimum atomic E-state index is -1.22. The van der Waals surface area contributed by atoms with Crippen molar-refractivity contribution in [2.45, 2.75) is 52.6 Å². The van der Waals surface area contributed by atoms with Crippen LogP contribution in [0.15, 0.2) is 29.1 Å². The number of rotatable bonds is 3. The number of fused-ring (bicyclic) bond motifs is 3. The Bertz CT molecular complexity index is 1040. The minimum absolute atomic E-state index is 0.0933. The third kappa shape index (κ3) is 3.08. The van der Waals surface area contributed by atoms with Crippen molar-refractivity contribution in [3.63, 3.8) is 0 Å². The summed E-state index contributed by atoms with van der Waals surface area (Å²) >= 11 is 0. The molecule has 1 aliphatic carbocycles. The molecule has 4 rings (SSSR count). The largest absolute Gasteiger partial charge is 0.476 e. The molecule has 1 saturated heterocycles. The van der Waals surface area contributed by atoms with Gasteiger partial charge in [0, 0.05) is 18.0 Å². The summed E-state index contributed by atoms with van der Waals surface area (Å²) in [6.07, 6.45) is 2.98. The monoisotopic (exact) mass is 383 g/mol. The standard InChI is InChI=1S/C21H25N3O4/c1-20(2)8-13-9-21(3,11-20)12-23(13)16(25)10-24-18(26)15-7-5-4-6-14(15)17(22-24)19(27)28/h4-7,13H,8-12H2,1-3H3,(H,27,28). The molecule has 2 unspecified atom stereocenters. The minimum Gasteiger partial charge on any atom is -0.476 e. The molecule has 7 heteroatoms. The number of aromatic nitrogens is 2. The molecule has 1 aromatic heterocycles. The van der Waals surface area contributed by atoms with Crippen LogP contribution in [-0.2, 0) is 11.3 Å². The van der Waals surface area contributed by atoms with Crippen LogP contribution in [0.3, 0.4) is 0 Å². The molecule has 1 aliphatic heterocycles. The zero-order valence-electron chi connectivity index (χ0n) is 16.4. The van der Waals surface area contributed by atoms with Gasteiger partial charge in [0.25, 0.3) is 5.56 Å². The molecule has 1 amide bonds. The van der Waals surface area contributed by atoms with E-state index in [9.17, 15) is 19.5 Å². The van der Waals surface area contributed by atoms with Crippen LogP contribution in [0, 0.1) is 10.8 Å². The maximum Gasteiger partial charge on any atom is 0.357 e. The predicted octanol–water partition coefficient (Wildman–Crippen LogP) is 2.52. The van der Waals surface area contributed by atoms with Gasteiger partial charge < -0.3 is 10.0 Å². The third-order valence-corrected chi connectivity index (χ3v) is 6.09. The Morgan fingerprint density at radius 3 is 2.54 bits per heavy atom. The van der Waals surface area contributed by atoms with Gasteiger partial charge >= 0.3 is 5.97 Å². The Balaban J connectivity index is 1.68. The Morgan fingerprint density at radius 1 is 1.18 bits per heavy atom. The number of carbonyl (C=O) groups excluding carboxylic acids is 1. The number of aromatic carboxylic acids is 1. The van der Waals surface area contributed by atoms with Crippen LogP contribution in [0.1, 0.15) is 50.5 Å². The van der Waals surface area contributed by atoms with E-state index < -0.39 is 11.5 Å². The predicted molar refractivity (Wildman–Crippen MR) is 104 cm³/mol. The zero-order valence-corrected chi connectivity index (χ0v) is 16.4. The lowest BCUT2D eigenvalue weighted by Gasteiger charge is -2.39. The molecule has 1 saturated carbocycles. The van der Waals surface area contributed by atoms with Gasteiger partial charge in [-0.2, -0.15) is 5.10 Å². The number of carboxylic acid groups (broad SMARTS) is 1. The maximum atomic E-state index is 13.1. The molecule has 2 aromatic rings. The number of hydrogen-bond acceptors (Lipinski definition) is 4. The van der Waals surface area contributed by atoms with Crippen LogP contribution in [0.5, 0.6) is 0 Å². The Hall–Kier alpha value is -2.70. The van der Waals surface area contributed by atoms with E-state index in [4.69, 9.17) is 0 Å². The van der Waals surface area contributed by atoms with Gasteiger partial charge in [-0.05, 0) is 36.2 Å². The smallest absolute Gasteiger partial charge is 0.357 e. The molecule has 1 N–H and O–H groups in total. The first-order valence-electron chi connectivity index (χ1n) is 9.61. The van der Waals surface area contributed by atoms with E-state index in [0.717, 1.165) is 23.9 Å². The van der Waals surface area contributed by atoms with Crippen molar-refractivity contribution >= 4 is 22.6 Å². The summed E-state index contributed by atoms with van der Waals surface area (Å²) in [5, 5.41) is 14.0. The number of benzene rings is 1. The molecular formula is C21H25N3O4. The molecule has 2 bridgehead atoms. The Morgan fingerprint density at radius 2 is 1.86 bits per heavy atom. The van der Waals surface area contributed by atoms with E-state index in [1.165, 1.54) is 0 Å². The zero-order chi connectivity index (χ0) is 20.3. The average molecular weight is 383 g/mol. The summed E-state index contributed by atoms with van der Waals surface area (Å²) < 4.78 is 1.00. The average Bonchev–Trinajstić information content (AvgIpc) is 2.86. The number of hydrogen-bond donors (Lipinski definition) is 1. The number of nitrogens with zero attached hydrogens (tertiary/aromatic N) is 3. The quantitative estimate of drug-likeness (QED) is 0.879. The SMILES string of the molecule is CC1(C)CC2CC(C)(CN2C(=O)Cn2nc(C(=O)O)c3ccccc3c2=O)C1. The number of carboxylic acids is 1. The lowest BCUT2D eigenvalue weighted by atomic mass is 9.65. The molecule has 0 radical (unpaired) electrons. The molecule has 2 aliphatic rings. The van der Waals surface area contributed by atoms with Gasteiger partial charge in [-0.3, -0.25) is 9.59 Å². The van der Waals surface area contributed by atoms with Crippen molar-refractivity contribution in [3.8, 4) is 0 Å². The topological polar surface area (TPSA) is 92.5 Å². The van der Waals surface area contributed by atoms with Gasteiger partial charge in [-0.15, -0.1) is 0 Å². The second-order valence-corrected chi connectivity index (χ2v) is 9.40. The summed E-state index contributed by atoms with van der Waals surface area (Å²) in [5.41, 5.74) is -0.379. The highest BCUT2D eigenvalue weighted by Crippen LogP contribution is 2.52. The van der Waals surface area contributed by atoms with E-state index in [-0.39, 0.29) is 45.8 Å². The van der Waals surface area contributed by atoms with Crippen LogP contribution in [0.25, 0.3) is 10.8 Å². The van der Waals surface area contributed by atoms with Gasteiger partial charge in [0.15, 0.2) is 5.69 Å². The summed E-state index contributed by atoms with van der Waals surface area (Å²) in [4.78, 5) is 39.3. The highest BCUT2D eigenvalue weighted by molar-refractivity contribution is 6.01. The number of likely N-dealkylation sites (tertiary alicyclic amines) is 1. The lowest BCUT2D eigenvalue weighted by Crippen LogP contribution is -2.41. The van der Waals surface area contributed by atoms with E-state index in [1.54, 1.807) is 24.3 Å². The van der Waals surface area contributed by atoms with E-state index in [0.29, 0.717) is 6.54 Å². The molecule has 1 aromatic carbocycles. The molecule has 0 spiro atoms. The second-order valence-electron chi connectivity index (χ2n) is 9.40. The summed E-state index contributed by atoms with van der Waals surface area (Å²) in [6, 6.07) is 6.63. The Kier molecular flexibility index (Phi) is 4.10. The van der Waals surface area contributed by atoms with Gasteiger partial charge in [-0.25, -0.2) is 9.48 Å². The molecule has 148 valence electrons. The fraction of sp³-hybridized carbons (Fsp3) is 0.524. The highest BCUT2D eigenvalue weighted by Gasteiger charge is 2.50. The van der Waals surface area contributed by atoms with Crippen molar-refractivity contribution in [2.75, 3.05) is 6.54 Å². The summed E-state index contributed by atoms with van der Waals surface area (Å²) in [7, 11) is 0. The van der Waals surface area contributed by atoms with Crippen molar-refractivity contribution in [3.05, 3.63) is 40.3 Å². The van der Waals surface area contributed by atoms with Crippen LogP contribution in [0.4, 0.5) is 0 Å². The normalized spacial score (nSPS) is 25.8. The van der Waals surface area contributed by atoms with Crippen LogP contribution in [0.2, 0.25) is 0 Å². The molecule has 2 atom stereocenters. The van der Waals surface area contributed by atoms with Crippen LogP contribution >= 0.6 is 0 Å². The van der Waals surface area contributed by atoms with E-state index in [2.05, 4.69) is 25.9 Å². The first-order chi connectivity index (χ1) is 13.1. The maximum absolute atomic E-state index is 13.1. The first kappa shape index (κ1) is 18.7. The van der Waals surface area contributed by atoms with Gasteiger partial charge in [0.2, 0.25) is 5.91 Å². The molecule has 28 heavy (non-hydrogen) atoms. The van der Waals surface area contributed by atoms with Gasteiger partial charge in [-0.1, -0.05) is 39.0 Å². The van der Waals surface area contributed by atoms with Crippen LogP contribution < -0.4 is 5.56 Å². The van der Waals surface area contributed by atoms with Crippen molar-refractivity contribution in [2.24, 2.45) is 10.8 Å². The van der Waals surface area contributed by atoms with Gasteiger partial charge in [0.1, 0.15) is 6.54 Å². The summed E-state index contributed by atoms with van der Waals surface area (Å²) in [5.74, 6) is -1.39. The molecular weight excluding hydrogens is 358 g/mol. The van der Waals surface area contributed by atoms with Crippen molar-refractivity contribution in [1.29, 1.82) is 0 Å². The van der Waals surface area contributed by atoms with E-state index in [1.807, 2.05) is 4.90 Å². The highest BCUT2D eigenvalue weighted by atomic mass is 16.4. The molecule has 2 heterocycles.